The Morgan fingerprint density at radius 2 is 2.06 bits per heavy atom. The second-order valence-corrected chi connectivity index (χ2v) is 4.43. The van der Waals surface area contributed by atoms with Crippen LogP contribution in [0.15, 0.2) is 30.3 Å². The van der Waals surface area contributed by atoms with Crippen LogP contribution in [0.1, 0.15) is 12.0 Å². The molecular formula is C13H17NO3. The van der Waals surface area contributed by atoms with E-state index in [0.717, 1.165) is 5.56 Å². The van der Waals surface area contributed by atoms with Crippen LogP contribution < -0.4 is 0 Å². The molecular weight excluding hydrogens is 218 g/mol. The first kappa shape index (κ1) is 12.1. The Morgan fingerprint density at radius 3 is 2.59 bits per heavy atom. The van der Waals surface area contributed by atoms with Gasteiger partial charge in [-0.25, -0.2) is 0 Å². The molecule has 1 aliphatic heterocycles. The van der Waals surface area contributed by atoms with Crippen LogP contribution in [0.5, 0.6) is 0 Å². The Kier molecular flexibility index (Phi) is 3.76. The summed E-state index contributed by atoms with van der Waals surface area (Å²) in [5.41, 5.74) is 1.08. The molecule has 2 atom stereocenters. The minimum Gasteiger partial charge on any atom is -0.394 e. The lowest BCUT2D eigenvalue weighted by Crippen LogP contribution is -2.41. The maximum atomic E-state index is 11.6. The van der Waals surface area contributed by atoms with Gasteiger partial charge in [0, 0.05) is 6.54 Å². The van der Waals surface area contributed by atoms with Crippen molar-refractivity contribution in [2.24, 2.45) is 0 Å². The molecule has 1 fully saturated rings. The number of amides is 1. The van der Waals surface area contributed by atoms with Gasteiger partial charge in [-0.2, -0.15) is 0 Å². The zero-order valence-corrected chi connectivity index (χ0v) is 9.62. The maximum Gasteiger partial charge on any atom is 0.225 e. The van der Waals surface area contributed by atoms with Gasteiger partial charge in [0.1, 0.15) is 0 Å². The fourth-order valence-corrected chi connectivity index (χ4v) is 2.22. The number of hydrogen-bond donors (Lipinski definition) is 2. The van der Waals surface area contributed by atoms with E-state index in [4.69, 9.17) is 0 Å². The van der Waals surface area contributed by atoms with Gasteiger partial charge in [-0.1, -0.05) is 30.3 Å². The van der Waals surface area contributed by atoms with Crippen LogP contribution in [0.25, 0.3) is 0 Å². The van der Waals surface area contributed by atoms with Crippen molar-refractivity contribution >= 4 is 5.91 Å². The van der Waals surface area contributed by atoms with E-state index in [1.165, 1.54) is 0 Å². The minimum atomic E-state index is -0.590. The minimum absolute atomic E-state index is 0.0760. The van der Waals surface area contributed by atoms with Crippen molar-refractivity contribution in [1.29, 1.82) is 0 Å². The molecule has 0 radical (unpaired) electrons. The fraction of sp³-hybridized carbons (Fsp3) is 0.462. The smallest absolute Gasteiger partial charge is 0.225 e. The van der Waals surface area contributed by atoms with E-state index in [-0.39, 0.29) is 25.0 Å². The summed E-state index contributed by atoms with van der Waals surface area (Å²) in [6, 6.07) is 9.51. The molecule has 1 aliphatic rings. The molecule has 1 heterocycles. The largest absolute Gasteiger partial charge is 0.394 e. The number of aliphatic hydroxyl groups excluding tert-OH is 2. The van der Waals surface area contributed by atoms with E-state index in [0.29, 0.717) is 13.0 Å². The van der Waals surface area contributed by atoms with E-state index >= 15 is 0 Å². The first-order valence-electron chi connectivity index (χ1n) is 5.83. The molecule has 1 amide bonds. The van der Waals surface area contributed by atoms with Crippen molar-refractivity contribution in [3.63, 3.8) is 0 Å². The Balaban J connectivity index is 2.04. The van der Waals surface area contributed by atoms with Crippen LogP contribution in [0.4, 0.5) is 0 Å². The number of carbonyl (C=O) groups is 1. The average Bonchev–Trinajstić information content (AvgIpc) is 2.67. The van der Waals surface area contributed by atoms with Crippen molar-refractivity contribution < 1.29 is 15.0 Å². The summed E-state index contributed by atoms with van der Waals surface area (Å²) >= 11 is 0. The molecule has 2 N–H and O–H groups in total. The number of rotatable bonds is 4. The lowest BCUT2D eigenvalue weighted by molar-refractivity contribution is -0.130. The second kappa shape index (κ2) is 5.29. The predicted molar refractivity (Wildman–Crippen MR) is 63.4 cm³/mol. The van der Waals surface area contributed by atoms with E-state index in [9.17, 15) is 15.0 Å². The monoisotopic (exact) mass is 235 g/mol. The molecule has 0 aromatic heterocycles. The Labute approximate surface area is 100 Å². The van der Waals surface area contributed by atoms with E-state index in [2.05, 4.69) is 0 Å². The number of nitrogens with zero attached hydrogens (tertiary/aromatic N) is 1. The number of carbonyl (C=O) groups excluding carboxylic acids is 1. The van der Waals surface area contributed by atoms with Crippen LogP contribution >= 0.6 is 0 Å². The third-order valence-corrected chi connectivity index (χ3v) is 3.10. The number of hydrogen-bond acceptors (Lipinski definition) is 3. The van der Waals surface area contributed by atoms with Gasteiger partial charge in [0.25, 0.3) is 0 Å². The first-order chi connectivity index (χ1) is 8.20. The maximum absolute atomic E-state index is 11.6. The Morgan fingerprint density at radius 1 is 1.35 bits per heavy atom. The lowest BCUT2D eigenvalue weighted by Gasteiger charge is -2.26. The summed E-state index contributed by atoms with van der Waals surface area (Å²) in [5, 5.41) is 18.8. The zero-order chi connectivity index (χ0) is 12.3. The van der Waals surface area contributed by atoms with E-state index in [1.807, 2.05) is 30.3 Å². The summed E-state index contributed by atoms with van der Waals surface area (Å²) in [7, 11) is 0. The van der Waals surface area contributed by atoms with Gasteiger partial charge >= 0.3 is 0 Å². The number of β-amino-alcohol motifs (C(OH)–C–C–N with tert-alkyl or cyclic N) is 1. The highest BCUT2D eigenvalue weighted by molar-refractivity contribution is 5.79. The van der Waals surface area contributed by atoms with Crippen molar-refractivity contribution in [3.05, 3.63) is 35.9 Å². The molecule has 92 valence electrons. The number of benzene rings is 1. The first-order valence-corrected chi connectivity index (χ1v) is 5.83. The molecule has 0 spiro atoms. The Bertz CT molecular complexity index is 380. The molecule has 0 saturated carbocycles. The third kappa shape index (κ3) is 2.84. The topological polar surface area (TPSA) is 60.8 Å². The molecule has 0 bridgehead atoms. The highest BCUT2D eigenvalue weighted by Gasteiger charge is 2.32. The van der Waals surface area contributed by atoms with Gasteiger partial charge in [-0.15, -0.1) is 0 Å². The van der Waals surface area contributed by atoms with Crippen molar-refractivity contribution in [2.45, 2.75) is 25.0 Å². The van der Waals surface area contributed by atoms with Crippen LogP contribution in [0.2, 0.25) is 0 Å². The predicted octanol–water partition coefficient (Wildman–Crippen LogP) is 0.183. The van der Waals surface area contributed by atoms with E-state index < -0.39 is 6.10 Å². The lowest BCUT2D eigenvalue weighted by atomic mass is 10.1. The summed E-state index contributed by atoms with van der Waals surface area (Å²) in [5.74, 6) is -0.0764. The number of likely N-dealkylation sites (tertiary alicyclic amines) is 1. The molecule has 0 aliphatic carbocycles. The summed E-state index contributed by atoms with van der Waals surface area (Å²) in [6.07, 6.45) is 0.202. The molecule has 17 heavy (non-hydrogen) atoms. The van der Waals surface area contributed by atoms with Crippen molar-refractivity contribution in [3.8, 4) is 0 Å². The van der Waals surface area contributed by atoms with Gasteiger partial charge < -0.3 is 15.1 Å². The SMILES string of the molecule is O=C1CC(O)CN1[C@H](CO)Cc1ccccc1. The summed E-state index contributed by atoms with van der Waals surface area (Å²) in [4.78, 5) is 13.2. The molecule has 1 aromatic rings. The quantitative estimate of drug-likeness (QED) is 0.783. The Hall–Kier alpha value is -1.39. The third-order valence-electron chi connectivity index (χ3n) is 3.10. The number of aliphatic hydroxyl groups is 2. The zero-order valence-electron chi connectivity index (χ0n) is 9.62. The van der Waals surface area contributed by atoms with E-state index in [1.54, 1.807) is 4.90 Å². The van der Waals surface area contributed by atoms with Gasteiger partial charge in [0.05, 0.1) is 25.2 Å². The van der Waals surface area contributed by atoms with Gasteiger partial charge in [-0.05, 0) is 12.0 Å². The average molecular weight is 235 g/mol. The molecule has 1 aromatic carbocycles. The molecule has 4 heteroatoms. The van der Waals surface area contributed by atoms with Crippen LogP contribution in [-0.2, 0) is 11.2 Å². The van der Waals surface area contributed by atoms with Crippen LogP contribution in [-0.4, -0.2) is 46.3 Å². The molecule has 4 nitrogen and oxygen atoms in total. The highest BCUT2D eigenvalue weighted by atomic mass is 16.3. The van der Waals surface area contributed by atoms with Crippen molar-refractivity contribution in [2.75, 3.05) is 13.2 Å². The van der Waals surface area contributed by atoms with Gasteiger partial charge in [0.15, 0.2) is 0 Å². The normalized spacial score (nSPS) is 21.9. The molecule has 1 saturated heterocycles. The second-order valence-electron chi connectivity index (χ2n) is 4.43. The molecule has 1 unspecified atom stereocenters. The molecule has 2 rings (SSSR count). The highest BCUT2D eigenvalue weighted by Crippen LogP contribution is 2.17. The van der Waals surface area contributed by atoms with Crippen LogP contribution in [0.3, 0.4) is 0 Å². The summed E-state index contributed by atoms with van der Waals surface area (Å²) < 4.78 is 0. The van der Waals surface area contributed by atoms with Gasteiger partial charge in [-0.3, -0.25) is 4.79 Å². The van der Waals surface area contributed by atoms with Gasteiger partial charge in [0.2, 0.25) is 5.91 Å². The van der Waals surface area contributed by atoms with Crippen molar-refractivity contribution in [1.82, 2.24) is 4.90 Å². The summed E-state index contributed by atoms with van der Waals surface area (Å²) in [6.45, 7) is 0.254. The van der Waals surface area contributed by atoms with Crippen LogP contribution in [0, 0.1) is 0 Å². The fourth-order valence-electron chi connectivity index (χ4n) is 2.22. The standard InChI is InChI=1S/C13H17NO3/c15-9-11(6-10-4-2-1-3-5-10)14-8-12(16)7-13(14)17/h1-5,11-12,15-16H,6-9H2/t11-,12?/m0/s1.